The molecule has 0 saturated heterocycles. The van der Waals surface area contributed by atoms with Crippen LogP contribution < -0.4 is 0 Å². The average Bonchev–Trinajstić information content (AvgIpc) is 2.79. The van der Waals surface area contributed by atoms with Crippen molar-refractivity contribution in [2.45, 2.75) is 96.6 Å². The van der Waals surface area contributed by atoms with Crippen molar-refractivity contribution in [2.24, 2.45) is 10.2 Å². The Labute approximate surface area is 124 Å². The lowest BCUT2D eigenvalue weighted by molar-refractivity contribution is -0.239. The van der Waals surface area contributed by atoms with Crippen LogP contribution in [0.3, 0.4) is 0 Å². The van der Waals surface area contributed by atoms with Crippen molar-refractivity contribution >= 4 is 0 Å². The lowest BCUT2D eigenvalue weighted by atomic mass is 9.98. The third-order valence-electron chi connectivity index (χ3n) is 4.01. The van der Waals surface area contributed by atoms with Gasteiger partial charge in [0, 0.05) is 14.0 Å². The summed E-state index contributed by atoms with van der Waals surface area (Å²) in [6.45, 7) is 6.30. The summed E-state index contributed by atoms with van der Waals surface area (Å²) >= 11 is 0. The van der Waals surface area contributed by atoms with Crippen molar-refractivity contribution in [3.63, 3.8) is 0 Å². The Kier molecular flexibility index (Phi) is 7.67. The number of azo groups is 1. The molecule has 1 unspecified atom stereocenters. The van der Waals surface area contributed by atoms with Gasteiger partial charge in [-0.15, -0.1) is 5.11 Å². The standard InChI is InChI=1S/C16H32N2O2/c1-5-7-9-11-13-16(14-12-10-8-6-2)18-17-15(3,19-4)20-16/h5-14H2,1-4H3. The summed E-state index contributed by atoms with van der Waals surface area (Å²) in [6.07, 6.45) is 11.8. The smallest absolute Gasteiger partial charge is 0.286 e. The Hall–Kier alpha value is -0.480. The van der Waals surface area contributed by atoms with E-state index in [4.69, 9.17) is 9.47 Å². The number of rotatable bonds is 11. The fourth-order valence-corrected chi connectivity index (χ4v) is 2.64. The molecule has 0 aromatic heterocycles. The molecular formula is C16H32N2O2. The molecular weight excluding hydrogens is 252 g/mol. The summed E-state index contributed by atoms with van der Waals surface area (Å²) in [7, 11) is 1.63. The van der Waals surface area contributed by atoms with Gasteiger partial charge >= 0.3 is 0 Å². The summed E-state index contributed by atoms with van der Waals surface area (Å²) in [5.41, 5.74) is -0.438. The van der Waals surface area contributed by atoms with Gasteiger partial charge in [0.2, 0.25) is 0 Å². The summed E-state index contributed by atoms with van der Waals surface area (Å²) in [6, 6.07) is 0. The van der Waals surface area contributed by atoms with Gasteiger partial charge in [-0.05, 0) is 25.7 Å². The number of methoxy groups -OCH3 is 1. The highest BCUT2D eigenvalue weighted by Crippen LogP contribution is 2.39. The summed E-state index contributed by atoms with van der Waals surface area (Å²) < 4.78 is 11.4. The second-order valence-electron chi connectivity index (χ2n) is 5.97. The second kappa shape index (κ2) is 8.73. The van der Waals surface area contributed by atoms with Gasteiger partial charge in [0.25, 0.3) is 5.91 Å². The van der Waals surface area contributed by atoms with Crippen LogP contribution in [0.15, 0.2) is 10.2 Å². The summed E-state index contributed by atoms with van der Waals surface area (Å²) in [5, 5.41) is 8.68. The predicted octanol–water partition coefficient (Wildman–Crippen LogP) is 5.43. The van der Waals surface area contributed by atoms with Gasteiger partial charge in [-0.25, -0.2) is 0 Å². The van der Waals surface area contributed by atoms with E-state index >= 15 is 0 Å². The SMILES string of the molecule is CCCCCCC1(CCCCCC)N=NC(C)(OC)O1. The van der Waals surface area contributed by atoms with Crippen molar-refractivity contribution < 1.29 is 9.47 Å². The minimum Gasteiger partial charge on any atom is -0.334 e. The van der Waals surface area contributed by atoms with E-state index in [1.165, 1.54) is 38.5 Å². The Morgan fingerprint density at radius 2 is 1.40 bits per heavy atom. The number of nitrogens with zero attached hydrogens (tertiary/aromatic N) is 2. The highest BCUT2D eigenvalue weighted by molar-refractivity contribution is 4.84. The van der Waals surface area contributed by atoms with Crippen molar-refractivity contribution in [2.75, 3.05) is 7.11 Å². The lowest BCUT2D eigenvalue weighted by Crippen LogP contribution is -2.36. The molecule has 20 heavy (non-hydrogen) atoms. The molecule has 4 heteroatoms. The van der Waals surface area contributed by atoms with Crippen molar-refractivity contribution in [3.05, 3.63) is 0 Å². The van der Waals surface area contributed by atoms with E-state index in [9.17, 15) is 0 Å². The first-order valence-corrected chi connectivity index (χ1v) is 8.29. The monoisotopic (exact) mass is 284 g/mol. The Morgan fingerprint density at radius 1 is 0.850 bits per heavy atom. The molecule has 1 aliphatic rings. The minimum atomic E-state index is -0.879. The zero-order valence-corrected chi connectivity index (χ0v) is 13.8. The number of hydrogen-bond donors (Lipinski definition) is 0. The van der Waals surface area contributed by atoms with Crippen LogP contribution in [0.25, 0.3) is 0 Å². The number of hydrogen-bond acceptors (Lipinski definition) is 4. The first-order chi connectivity index (χ1) is 9.60. The van der Waals surface area contributed by atoms with Crippen LogP contribution in [0.1, 0.15) is 85.0 Å². The Balaban J connectivity index is 2.49. The molecule has 0 aromatic carbocycles. The van der Waals surface area contributed by atoms with Crippen molar-refractivity contribution in [1.29, 1.82) is 0 Å². The zero-order chi connectivity index (χ0) is 14.9. The van der Waals surface area contributed by atoms with Crippen LogP contribution in [0.5, 0.6) is 0 Å². The van der Waals surface area contributed by atoms with Crippen LogP contribution in [-0.4, -0.2) is 18.7 Å². The summed E-state index contributed by atoms with van der Waals surface area (Å²) in [5.74, 6) is -0.879. The normalized spacial score (nSPS) is 24.4. The Bertz CT molecular complexity index is 282. The van der Waals surface area contributed by atoms with Crippen LogP contribution in [0, 0.1) is 0 Å². The number of ether oxygens (including phenoxy) is 2. The molecule has 0 aromatic rings. The first-order valence-electron chi connectivity index (χ1n) is 8.29. The van der Waals surface area contributed by atoms with Crippen LogP contribution >= 0.6 is 0 Å². The molecule has 4 nitrogen and oxygen atoms in total. The third-order valence-corrected chi connectivity index (χ3v) is 4.01. The molecule has 1 heterocycles. The van der Waals surface area contributed by atoms with Gasteiger partial charge < -0.3 is 9.47 Å². The fourth-order valence-electron chi connectivity index (χ4n) is 2.64. The molecule has 0 aliphatic carbocycles. The van der Waals surface area contributed by atoms with Crippen LogP contribution in [0.2, 0.25) is 0 Å². The molecule has 0 N–H and O–H groups in total. The van der Waals surface area contributed by atoms with Gasteiger partial charge in [0.1, 0.15) is 0 Å². The van der Waals surface area contributed by atoms with Crippen molar-refractivity contribution in [1.82, 2.24) is 0 Å². The third kappa shape index (κ3) is 5.49. The fraction of sp³-hybridized carbons (Fsp3) is 1.00. The average molecular weight is 284 g/mol. The first kappa shape index (κ1) is 17.6. The zero-order valence-electron chi connectivity index (χ0n) is 13.8. The highest BCUT2D eigenvalue weighted by Gasteiger charge is 2.45. The van der Waals surface area contributed by atoms with E-state index in [1.54, 1.807) is 7.11 Å². The largest absolute Gasteiger partial charge is 0.334 e. The maximum Gasteiger partial charge on any atom is 0.286 e. The Morgan fingerprint density at radius 3 is 1.80 bits per heavy atom. The van der Waals surface area contributed by atoms with Crippen molar-refractivity contribution in [3.8, 4) is 0 Å². The van der Waals surface area contributed by atoms with E-state index in [0.29, 0.717) is 0 Å². The number of unbranched alkanes of at least 4 members (excludes halogenated alkanes) is 6. The molecule has 1 atom stereocenters. The summed E-state index contributed by atoms with van der Waals surface area (Å²) in [4.78, 5) is 0. The van der Waals surface area contributed by atoms with Gasteiger partial charge in [-0.1, -0.05) is 52.4 Å². The van der Waals surface area contributed by atoms with E-state index in [2.05, 4.69) is 24.1 Å². The van der Waals surface area contributed by atoms with Crippen LogP contribution in [0.4, 0.5) is 0 Å². The van der Waals surface area contributed by atoms with E-state index < -0.39 is 11.6 Å². The van der Waals surface area contributed by atoms with E-state index in [-0.39, 0.29) is 0 Å². The molecule has 0 amide bonds. The lowest BCUT2D eigenvalue weighted by Gasteiger charge is -2.28. The molecule has 0 bridgehead atoms. The second-order valence-corrected chi connectivity index (χ2v) is 5.97. The minimum absolute atomic E-state index is 0.438. The van der Waals surface area contributed by atoms with E-state index in [0.717, 1.165) is 25.7 Å². The maximum absolute atomic E-state index is 6.09. The molecule has 1 aliphatic heterocycles. The topological polar surface area (TPSA) is 43.2 Å². The molecule has 0 fully saturated rings. The molecule has 0 radical (unpaired) electrons. The van der Waals surface area contributed by atoms with E-state index in [1.807, 2.05) is 6.92 Å². The molecule has 1 rings (SSSR count). The van der Waals surface area contributed by atoms with Gasteiger partial charge in [-0.3, -0.25) is 0 Å². The predicted molar refractivity (Wildman–Crippen MR) is 81.6 cm³/mol. The molecule has 0 saturated carbocycles. The maximum atomic E-state index is 6.09. The quantitative estimate of drug-likeness (QED) is 0.475. The van der Waals surface area contributed by atoms with Crippen LogP contribution in [-0.2, 0) is 9.47 Å². The molecule has 118 valence electrons. The van der Waals surface area contributed by atoms with Gasteiger partial charge in [-0.2, -0.15) is 5.11 Å². The molecule has 0 spiro atoms. The highest BCUT2D eigenvalue weighted by atomic mass is 16.7. The van der Waals surface area contributed by atoms with Gasteiger partial charge in [0.15, 0.2) is 5.72 Å². The van der Waals surface area contributed by atoms with Gasteiger partial charge in [0.05, 0.1) is 0 Å².